The summed E-state index contributed by atoms with van der Waals surface area (Å²) in [6, 6.07) is 0. The summed E-state index contributed by atoms with van der Waals surface area (Å²) in [7, 11) is 0. The molecule has 2 aliphatic carbocycles. The first-order valence-electron chi connectivity index (χ1n) is 7.50. The molecule has 0 spiro atoms. The van der Waals surface area contributed by atoms with Crippen LogP contribution in [0.4, 0.5) is 0 Å². The van der Waals surface area contributed by atoms with Gasteiger partial charge in [0.25, 0.3) is 0 Å². The van der Waals surface area contributed by atoms with Gasteiger partial charge in [-0.15, -0.1) is 0 Å². The van der Waals surface area contributed by atoms with Gasteiger partial charge < -0.3 is 14.9 Å². The van der Waals surface area contributed by atoms with Crippen LogP contribution in [0.1, 0.15) is 69.2 Å². The van der Waals surface area contributed by atoms with Gasteiger partial charge in [-0.3, -0.25) is 0 Å². The summed E-state index contributed by atoms with van der Waals surface area (Å²) in [5.74, 6) is 14.7. The van der Waals surface area contributed by atoms with Crippen LogP contribution in [0, 0.1) is 74.0 Å². The maximum Gasteiger partial charge on any atom is 0 e. The second-order valence-corrected chi connectivity index (χ2v) is 6.25. The van der Waals surface area contributed by atoms with E-state index in [1.165, 1.54) is 59.2 Å². The molecule has 0 N–H and O–H groups in total. The van der Waals surface area contributed by atoms with Gasteiger partial charge in [0, 0.05) is 39.3 Å². The standard InChI is InChI=1S/2C10H15.2CH3.Ga.Rh/c2*1-6-7(2)9(4)10(5)8(6)3;;;;/h2*1-5H3;2*1H3;;/q;;2*-1;;. The van der Waals surface area contributed by atoms with E-state index >= 15 is 0 Å². The molecule has 14 radical (unpaired) electrons. The Labute approximate surface area is 181 Å². The van der Waals surface area contributed by atoms with Gasteiger partial charge in [-0.05, 0) is 59.2 Å². The SMILES string of the molecule is C[C]1[C](C)[C](C)[C](C)[C]1C.C[C]1[C](C)[C](C)[C](C)[C]1C.[CH3-].[CH3-].[Ga].[Rh]. The third-order valence-corrected chi connectivity index (χ3v) is 5.62. The molecule has 0 bridgehead atoms. The van der Waals surface area contributed by atoms with Crippen LogP contribution in [0.5, 0.6) is 0 Å². The molecule has 0 atom stereocenters. The Kier molecular flexibility index (Phi) is 18.4. The monoisotopic (exact) mass is 472 g/mol. The average Bonchev–Trinajstić information content (AvgIpc) is 2.71. The van der Waals surface area contributed by atoms with Crippen molar-refractivity contribution in [1.82, 2.24) is 0 Å². The van der Waals surface area contributed by atoms with Crippen molar-refractivity contribution < 1.29 is 19.5 Å². The quantitative estimate of drug-likeness (QED) is 0.280. The summed E-state index contributed by atoms with van der Waals surface area (Å²) in [5, 5.41) is 0. The predicted molar refractivity (Wildman–Crippen MR) is 108 cm³/mol. The molecule has 0 heterocycles. The van der Waals surface area contributed by atoms with Crippen LogP contribution < -0.4 is 0 Å². The Balaban J connectivity index is -0.000000143. The predicted octanol–water partition coefficient (Wildman–Crippen LogP) is 6.46. The second-order valence-electron chi connectivity index (χ2n) is 6.25. The maximum absolute atomic E-state index is 2.20. The molecule has 0 nitrogen and oxygen atoms in total. The minimum atomic E-state index is 0. The number of hydrogen-bond acceptors (Lipinski definition) is 0. The summed E-state index contributed by atoms with van der Waals surface area (Å²) in [6.07, 6.45) is 0. The van der Waals surface area contributed by atoms with Crippen molar-refractivity contribution in [1.29, 1.82) is 0 Å². The van der Waals surface area contributed by atoms with E-state index in [2.05, 4.69) is 69.2 Å². The maximum atomic E-state index is 2.20. The number of rotatable bonds is 0. The Morgan fingerprint density at radius 1 is 0.292 bits per heavy atom. The number of hydrogen-bond donors (Lipinski definition) is 0. The van der Waals surface area contributed by atoms with E-state index in [-0.39, 0.29) is 54.1 Å². The minimum absolute atomic E-state index is 0. The molecule has 24 heavy (non-hydrogen) atoms. The molecule has 0 aliphatic heterocycles. The summed E-state index contributed by atoms with van der Waals surface area (Å²) in [4.78, 5) is 0. The van der Waals surface area contributed by atoms with Crippen LogP contribution in [0.2, 0.25) is 0 Å². The Hall–Kier alpha value is 1.26. The molecule has 0 unspecified atom stereocenters. The van der Waals surface area contributed by atoms with Gasteiger partial charge in [-0.25, -0.2) is 0 Å². The molecule has 2 rings (SSSR count). The Morgan fingerprint density at radius 2 is 0.333 bits per heavy atom. The first-order valence-corrected chi connectivity index (χ1v) is 7.50. The molecule has 0 aromatic heterocycles. The fraction of sp³-hybridized carbons (Fsp3) is 0.455. The Bertz CT molecular complexity index is 187. The van der Waals surface area contributed by atoms with Crippen molar-refractivity contribution in [2.75, 3.05) is 0 Å². The Morgan fingerprint density at radius 3 is 0.375 bits per heavy atom. The van der Waals surface area contributed by atoms with Crippen LogP contribution >= 0.6 is 0 Å². The molecule has 2 aliphatic rings. The molecule has 138 valence electrons. The summed E-state index contributed by atoms with van der Waals surface area (Å²) >= 11 is 0. The van der Waals surface area contributed by atoms with Crippen LogP contribution in [-0.4, -0.2) is 19.8 Å². The first-order chi connectivity index (χ1) is 9.11. The van der Waals surface area contributed by atoms with Crippen molar-refractivity contribution in [2.45, 2.75) is 69.2 Å². The van der Waals surface area contributed by atoms with E-state index in [0.29, 0.717) is 0 Å². The molecular formula is C22H36GaRh-2. The molecular weight excluding hydrogens is 437 g/mol. The van der Waals surface area contributed by atoms with Gasteiger partial charge in [0.1, 0.15) is 0 Å². The minimum Gasteiger partial charge on any atom is -0.358 e. The van der Waals surface area contributed by atoms with Crippen LogP contribution in [0.15, 0.2) is 0 Å². The summed E-state index contributed by atoms with van der Waals surface area (Å²) in [6.45, 7) is 22.0. The van der Waals surface area contributed by atoms with E-state index in [4.69, 9.17) is 0 Å². The van der Waals surface area contributed by atoms with E-state index in [9.17, 15) is 0 Å². The normalized spacial score (nSPS) is 23.8. The average molecular weight is 473 g/mol. The zero-order valence-corrected chi connectivity index (χ0v) is 22.0. The van der Waals surface area contributed by atoms with E-state index < -0.39 is 0 Å². The smallest absolute Gasteiger partial charge is 0 e. The van der Waals surface area contributed by atoms with Crippen molar-refractivity contribution in [3.8, 4) is 0 Å². The topological polar surface area (TPSA) is 0 Å². The van der Waals surface area contributed by atoms with Crippen molar-refractivity contribution in [3.63, 3.8) is 0 Å². The van der Waals surface area contributed by atoms with Gasteiger partial charge >= 0.3 is 0 Å². The van der Waals surface area contributed by atoms with Crippen LogP contribution in [0.25, 0.3) is 0 Å². The van der Waals surface area contributed by atoms with Crippen LogP contribution in [-0.2, 0) is 19.5 Å². The van der Waals surface area contributed by atoms with Crippen molar-refractivity contribution >= 4 is 19.8 Å². The fourth-order valence-corrected chi connectivity index (χ4v) is 2.81. The van der Waals surface area contributed by atoms with Gasteiger partial charge in [-0.1, -0.05) is 69.2 Å². The van der Waals surface area contributed by atoms with E-state index in [1.807, 2.05) is 0 Å². The molecule has 0 amide bonds. The van der Waals surface area contributed by atoms with Gasteiger partial charge in [0.05, 0.1) is 0 Å². The third kappa shape index (κ3) is 6.77. The van der Waals surface area contributed by atoms with Crippen molar-refractivity contribution in [2.24, 2.45) is 0 Å². The molecule has 2 heteroatoms. The summed E-state index contributed by atoms with van der Waals surface area (Å²) in [5.41, 5.74) is 0. The fourth-order valence-electron chi connectivity index (χ4n) is 2.81. The van der Waals surface area contributed by atoms with Gasteiger partial charge in [0.2, 0.25) is 0 Å². The summed E-state index contributed by atoms with van der Waals surface area (Å²) < 4.78 is 0. The zero-order valence-electron chi connectivity index (χ0n) is 17.9. The molecule has 0 saturated heterocycles. The van der Waals surface area contributed by atoms with E-state index in [0.717, 1.165) is 0 Å². The van der Waals surface area contributed by atoms with Gasteiger partial charge in [-0.2, -0.15) is 0 Å². The van der Waals surface area contributed by atoms with Crippen LogP contribution in [0.3, 0.4) is 0 Å². The first kappa shape index (κ1) is 32.9. The molecule has 0 aromatic carbocycles. The van der Waals surface area contributed by atoms with Crippen molar-refractivity contribution in [3.05, 3.63) is 74.0 Å². The molecule has 2 fully saturated rings. The van der Waals surface area contributed by atoms with E-state index in [1.54, 1.807) is 0 Å². The van der Waals surface area contributed by atoms with Gasteiger partial charge in [0.15, 0.2) is 0 Å². The molecule has 2 saturated carbocycles. The molecule has 0 aromatic rings. The second kappa shape index (κ2) is 13.4. The zero-order chi connectivity index (χ0) is 15.8. The third-order valence-electron chi connectivity index (χ3n) is 5.62. The largest absolute Gasteiger partial charge is 0.358 e.